The van der Waals surface area contributed by atoms with Crippen molar-refractivity contribution in [3.8, 4) is 0 Å². The number of hydrogen-bond acceptors (Lipinski definition) is 2. The molecule has 2 aromatic carbocycles. The van der Waals surface area contributed by atoms with Gasteiger partial charge in [0.1, 0.15) is 0 Å². The van der Waals surface area contributed by atoms with Gasteiger partial charge in [0.15, 0.2) is 5.43 Å². The van der Waals surface area contributed by atoms with Crippen LogP contribution < -0.4 is 11.2 Å². The van der Waals surface area contributed by atoms with Gasteiger partial charge in [0, 0.05) is 32.5 Å². The van der Waals surface area contributed by atoms with Crippen molar-refractivity contribution in [1.82, 2.24) is 4.98 Å². The maximum absolute atomic E-state index is 12.3. The second-order valence-corrected chi connectivity index (χ2v) is 4.39. The van der Waals surface area contributed by atoms with E-state index in [0.717, 1.165) is 11.0 Å². The van der Waals surface area contributed by atoms with Crippen LogP contribution in [0.2, 0.25) is 5.02 Å². The van der Waals surface area contributed by atoms with Crippen molar-refractivity contribution in [2.24, 2.45) is 0 Å². The molecule has 3 N–H and O–H groups in total. The van der Waals surface area contributed by atoms with Crippen molar-refractivity contribution in [3.05, 3.63) is 51.6 Å². The van der Waals surface area contributed by atoms with Crippen LogP contribution >= 0.6 is 11.6 Å². The van der Waals surface area contributed by atoms with Gasteiger partial charge in [0.05, 0.1) is 0 Å². The molecule has 0 saturated carbocycles. The van der Waals surface area contributed by atoms with E-state index in [2.05, 4.69) is 4.98 Å². The van der Waals surface area contributed by atoms with Gasteiger partial charge in [-0.15, -0.1) is 0 Å². The summed E-state index contributed by atoms with van der Waals surface area (Å²) in [6, 6.07) is 10.5. The molecule has 3 aromatic rings. The lowest BCUT2D eigenvalue weighted by Crippen LogP contribution is -2.04. The minimum Gasteiger partial charge on any atom is -0.399 e. The summed E-state index contributed by atoms with van der Waals surface area (Å²) in [4.78, 5) is 15.4. The second kappa shape index (κ2) is 3.50. The fourth-order valence-electron chi connectivity index (χ4n) is 1.96. The Hall–Kier alpha value is -2.00. The molecule has 1 aromatic heterocycles. The number of rotatable bonds is 0. The van der Waals surface area contributed by atoms with Gasteiger partial charge in [-0.05, 0) is 36.4 Å². The zero-order valence-corrected chi connectivity index (χ0v) is 9.58. The van der Waals surface area contributed by atoms with Crippen LogP contribution in [0.1, 0.15) is 0 Å². The number of benzene rings is 2. The van der Waals surface area contributed by atoms with Crippen molar-refractivity contribution in [2.75, 3.05) is 5.73 Å². The summed E-state index contributed by atoms with van der Waals surface area (Å²) in [7, 11) is 0. The maximum atomic E-state index is 12.3. The third-order valence-electron chi connectivity index (χ3n) is 2.78. The molecule has 0 spiro atoms. The van der Waals surface area contributed by atoms with Gasteiger partial charge in [-0.2, -0.15) is 0 Å². The van der Waals surface area contributed by atoms with E-state index in [1.54, 1.807) is 36.4 Å². The van der Waals surface area contributed by atoms with Crippen molar-refractivity contribution in [1.29, 1.82) is 0 Å². The monoisotopic (exact) mass is 244 g/mol. The number of pyridine rings is 1. The van der Waals surface area contributed by atoms with Gasteiger partial charge in [-0.25, -0.2) is 0 Å². The number of nitrogens with one attached hydrogen (secondary N) is 1. The molecule has 0 aliphatic carbocycles. The Morgan fingerprint density at radius 3 is 2.41 bits per heavy atom. The Balaban J connectivity index is 2.58. The standard InChI is InChI=1S/C13H9ClN2O/c14-7-1-3-11-9(5-7)13(17)10-6-8(15)2-4-12(10)16-11/h1-6H,15H2,(H,16,17). The highest BCUT2D eigenvalue weighted by molar-refractivity contribution is 6.31. The van der Waals surface area contributed by atoms with E-state index in [9.17, 15) is 4.79 Å². The Kier molecular flexibility index (Phi) is 2.09. The van der Waals surface area contributed by atoms with E-state index >= 15 is 0 Å². The number of H-pyrrole nitrogens is 1. The van der Waals surface area contributed by atoms with Gasteiger partial charge in [-0.1, -0.05) is 11.6 Å². The van der Waals surface area contributed by atoms with Crippen LogP contribution in [0.5, 0.6) is 0 Å². The predicted molar refractivity (Wildman–Crippen MR) is 71.5 cm³/mol. The minimum atomic E-state index is -0.0523. The fraction of sp³-hybridized carbons (Fsp3) is 0. The van der Waals surface area contributed by atoms with Crippen LogP contribution in [0, 0.1) is 0 Å². The van der Waals surface area contributed by atoms with Crippen LogP contribution in [0.4, 0.5) is 5.69 Å². The molecule has 0 aliphatic rings. The van der Waals surface area contributed by atoms with Gasteiger partial charge >= 0.3 is 0 Å². The van der Waals surface area contributed by atoms with E-state index in [0.29, 0.717) is 21.5 Å². The first-order valence-electron chi connectivity index (χ1n) is 5.16. The lowest BCUT2D eigenvalue weighted by molar-refractivity contribution is 1.48. The van der Waals surface area contributed by atoms with E-state index < -0.39 is 0 Å². The molecule has 17 heavy (non-hydrogen) atoms. The molecule has 3 rings (SSSR count). The number of nitrogen functional groups attached to an aromatic ring is 1. The molecule has 0 fully saturated rings. The number of hydrogen-bond donors (Lipinski definition) is 2. The zero-order chi connectivity index (χ0) is 12.0. The molecule has 0 atom stereocenters. The normalized spacial score (nSPS) is 11.1. The van der Waals surface area contributed by atoms with Gasteiger partial charge in [-0.3, -0.25) is 4.79 Å². The topological polar surface area (TPSA) is 58.9 Å². The Bertz CT molecular complexity index is 729. The summed E-state index contributed by atoms with van der Waals surface area (Å²) in [6.45, 7) is 0. The van der Waals surface area contributed by atoms with Crippen LogP contribution in [0.25, 0.3) is 21.8 Å². The van der Waals surface area contributed by atoms with E-state index in [-0.39, 0.29) is 5.43 Å². The molecule has 0 radical (unpaired) electrons. The lowest BCUT2D eigenvalue weighted by Gasteiger charge is -2.03. The highest BCUT2D eigenvalue weighted by Gasteiger charge is 2.05. The molecular weight excluding hydrogens is 236 g/mol. The third-order valence-corrected chi connectivity index (χ3v) is 3.02. The van der Waals surface area contributed by atoms with Crippen LogP contribution in [-0.2, 0) is 0 Å². The van der Waals surface area contributed by atoms with Crippen molar-refractivity contribution >= 4 is 39.1 Å². The molecule has 0 bridgehead atoms. The van der Waals surface area contributed by atoms with Crippen LogP contribution in [0.15, 0.2) is 41.2 Å². The smallest absolute Gasteiger partial charge is 0.197 e. The van der Waals surface area contributed by atoms with E-state index in [1.165, 1.54) is 0 Å². The first-order valence-corrected chi connectivity index (χ1v) is 5.54. The van der Waals surface area contributed by atoms with E-state index in [4.69, 9.17) is 17.3 Å². The van der Waals surface area contributed by atoms with Gasteiger partial charge < -0.3 is 10.7 Å². The molecule has 0 amide bonds. The van der Waals surface area contributed by atoms with Crippen molar-refractivity contribution in [2.45, 2.75) is 0 Å². The fourth-order valence-corrected chi connectivity index (χ4v) is 2.13. The van der Waals surface area contributed by atoms with Crippen LogP contribution in [-0.4, -0.2) is 4.98 Å². The van der Waals surface area contributed by atoms with Crippen LogP contribution in [0.3, 0.4) is 0 Å². The zero-order valence-electron chi connectivity index (χ0n) is 8.83. The van der Waals surface area contributed by atoms with Gasteiger partial charge in [0.25, 0.3) is 0 Å². The summed E-state index contributed by atoms with van der Waals surface area (Å²) in [5, 5.41) is 1.71. The highest BCUT2D eigenvalue weighted by Crippen LogP contribution is 2.19. The largest absolute Gasteiger partial charge is 0.399 e. The molecule has 0 unspecified atom stereocenters. The number of anilines is 1. The van der Waals surface area contributed by atoms with Crippen molar-refractivity contribution in [3.63, 3.8) is 0 Å². The summed E-state index contributed by atoms with van der Waals surface area (Å²) in [5.74, 6) is 0. The Morgan fingerprint density at radius 1 is 1.00 bits per heavy atom. The minimum absolute atomic E-state index is 0.0523. The molecule has 3 nitrogen and oxygen atoms in total. The lowest BCUT2D eigenvalue weighted by atomic mass is 10.1. The summed E-state index contributed by atoms with van der Waals surface area (Å²) in [5.41, 5.74) is 7.76. The SMILES string of the molecule is Nc1ccc2[nH]c3ccc(Cl)cc3c(=O)c2c1. The number of fused-ring (bicyclic) bond motifs is 2. The van der Waals surface area contributed by atoms with E-state index in [1.807, 2.05) is 0 Å². The first-order chi connectivity index (χ1) is 8.15. The summed E-state index contributed by atoms with van der Waals surface area (Å²) in [6.07, 6.45) is 0. The first kappa shape index (κ1) is 10.2. The second-order valence-electron chi connectivity index (χ2n) is 3.95. The highest BCUT2D eigenvalue weighted by atomic mass is 35.5. The average molecular weight is 245 g/mol. The predicted octanol–water partition coefficient (Wildman–Crippen LogP) is 2.92. The number of nitrogens with two attached hydrogens (primary N) is 1. The van der Waals surface area contributed by atoms with Gasteiger partial charge in [0.2, 0.25) is 0 Å². The Labute approximate surface area is 102 Å². The molecule has 1 heterocycles. The Morgan fingerprint density at radius 2 is 1.65 bits per heavy atom. The number of aromatic nitrogens is 1. The molecular formula is C13H9ClN2O. The summed E-state index contributed by atoms with van der Waals surface area (Å²) >= 11 is 5.90. The number of aromatic amines is 1. The molecule has 84 valence electrons. The quantitative estimate of drug-likeness (QED) is 0.472. The third kappa shape index (κ3) is 1.56. The molecule has 4 heteroatoms. The molecule has 0 aliphatic heterocycles. The summed E-state index contributed by atoms with van der Waals surface area (Å²) < 4.78 is 0. The average Bonchev–Trinajstić information content (AvgIpc) is 2.32. The molecule has 0 saturated heterocycles. The number of halogens is 1. The van der Waals surface area contributed by atoms with Crippen molar-refractivity contribution < 1.29 is 0 Å². The maximum Gasteiger partial charge on any atom is 0.197 e.